The molecule has 0 radical (unpaired) electrons. The number of rotatable bonds is 19. The highest BCUT2D eigenvalue weighted by Crippen LogP contribution is 2.20. The number of aliphatic hydroxyl groups is 2. The van der Waals surface area contributed by atoms with Crippen molar-refractivity contribution in [2.75, 3.05) is 18.0 Å². The zero-order chi connectivity index (χ0) is 39.4. The van der Waals surface area contributed by atoms with Crippen LogP contribution < -0.4 is 27.0 Å². The summed E-state index contributed by atoms with van der Waals surface area (Å²) in [4.78, 5) is 60.0. The number of fused-ring (bicyclic) bond motifs is 1. The monoisotopic (exact) mass is 855 g/mol. The van der Waals surface area contributed by atoms with Crippen LogP contribution in [0, 0.1) is 0 Å². The van der Waals surface area contributed by atoms with Gasteiger partial charge in [-0.2, -0.15) is 0 Å². The highest BCUT2D eigenvalue weighted by atomic mass is 127. The molecule has 0 aliphatic rings. The van der Waals surface area contributed by atoms with Crippen LogP contribution in [-0.4, -0.2) is 109 Å². The third-order valence-corrected chi connectivity index (χ3v) is 10.1. The van der Waals surface area contributed by atoms with E-state index >= 15 is 0 Å². The second kappa shape index (κ2) is 20.2. The van der Waals surface area contributed by atoms with Crippen molar-refractivity contribution in [1.29, 1.82) is 0 Å². The Labute approximate surface area is 328 Å². The van der Waals surface area contributed by atoms with Gasteiger partial charge in [0.15, 0.2) is 0 Å². The molecule has 0 saturated heterocycles. The summed E-state index contributed by atoms with van der Waals surface area (Å²) in [7, 11) is 1.47. The van der Waals surface area contributed by atoms with Crippen LogP contribution >= 0.6 is 22.6 Å². The predicted octanol–water partition coefficient (Wildman–Crippen LogP) is 1.25. The van der Waals surface area contributed by atoms with Crippen LogP contribution in [0.15, 0.2) is 85.1 Å². The summed E-state index contributed by atoms with van der Waals surface area (Å²) in [5.41, 5.74) is 9.09. The van der Waals surface area contributed by atoms with Gasteiger partial charge in [0.2, 0.25) is 23.6 Å². The summed E-state index contributed by atoms with van der Waals surface area (Å²) in [5, 5.41) is 42.8. The quantitative estimate of drug-likeness (QED) is 0.0376. The SMILES string of the molecule is CCNC(=O)[C@@H](Cc1c[nH]c2ccccc12)NC(=O)[C@H](Cc1ccc(O)cc1)NC(=O)[C@H](CI)N(C)C(=O)[C@H](Cc1ccccc1)NC(O)[C@@H](N)[C@@H](C)O. The number of aliphatic hydroxyl groups excluding tert-OH is 2. The number of nitrogens with zero attached hydrogens (tertiary/aromatic N) is 1. The molecule has 0 bridgehead atoms. The molecule has 0 aliphatic carbocycles. The molecular weight excluding hydrogens is 805 g/mol. The van der Waals surface area contributed by atoms with Crippen molar-refractivity contribution in [3.8, 4) is 5.75 Å². The van der Waals surface area contributed by atoms with E-state index in [-0.39, 0.29) is 29.4 Å². The molecule has 3 aromatic carbocycles. The molecule has 15 heteroatoms. The van der Waals surface area contributed by atoms with E-state index in [1.807, 2.05) is 77.2 Å². The smallest absolute Gasteiger partial charge is 0.244 e. The molecule has 1 heterocycles. The van der Waals surface area contributed by atoms with Gasteiger partial charge in [0, 0.05) is 48.0 Å². The molecule has 10 N–H and O–H groups in total. The molecule has 14 nitrogen and oxygen atoms in total. The van der Waals surface area contributed by atoms with Gasteiger partial charge in [-0.25, -0.2) is 0 Å². The van der Waals surface area contributed by atoms with Gasteiger partial charge in [0.25, 0.3) is 0 Å². The van der Waals surface area contributed by atoms with Crippen molar-refractivity contribution in [1.82, 2.24) is 31.2 Å². The van der Waals surface area contributed by atoms with E-state index in [4.69, 9.17) is 5.73 Å². The predicted molar refractivity (Wildman–Crippen MR) is 215 cm³/mol. The average Bonchev–Trinajstić information content (AvgIpc) is 3.57. The minimum Gasteiger partial charge on any atom is -0.508 e. The molecule has 4 rings (SSSR count). The van der Waals surface area contributed by atoms with Crippen molar-refractivity contribution < 1.29 is 34.5 Å². The number of likely N-dealkylation sites (N-methyl/N-ethyl adjacent to an activating group) is 2. The third-order valence-electron chi connectivity index (χ3n) is 9.23. The maximum Gasteiger partial charge on any atom is 0.244 e. The Bertz CT molecular complexity index is 1840. The van der Waals surface area contributed by atoms with Gasteiger partial charge in [-0.15, -0.1) is 0 Å². The summed E-state index contributed by atoms with van der Waals surface area (Å²) < 4.78 is 0.148. The second-order valence-electron chi connectivity index (χ2n) is 13.2. The number of hydrogen-bond donors (Lipinski definition) is 9. The maximum absolute atomic E-state index is 14.1. The zero-order valence-corrected chi connectivity index (χ0v) is 32.7. The zero-order valence-electron chi connectivity index (χ0n) is 30.5. The molecule has 0 aliphatic heterocycles. The Morgan fingerprint density at radius 1 is 0.815 bits per heavy atom. The molecule has 0 saturated carbocycles. The molecule has 1 aromatic heterocycles. The van der Waals surface area contributed by atoms with E-state index in [0.29, 0.717) is 12.1 Å². The van der Waals surface area contributed by atoms with E-state index < -0.39 is 66.2 Å². The molecular formula is C39H50IN7O7. The Kier molecular flexibility index (Phi) is 15.8. The van der Waals surface area contributed by atoms with Crippen molar-refractivity contribution in [2.45, 2.75) is 75.7 Å². The highest BCUT2D eigenvalue weighted by molar-refractivity contribution is 14.1. The summed E-state index contributed by atoms with van der Waals surface area (Å²) in [6.07, 6.45) is -0.378. The van der Waals surface area contributed by atoms with E-state index in [9.17, 15) is 34.5 Å². The summed E-state index contributed by atoms with van der Waals surface area (Å²) in [6, 6.07) is 17.6. The molecule has 1 unspecified atom stereocenters. The number of aromatic nitrogens is 1. The van der Waals surface area contributed by atoms with Crippen molar-refractivity contribution in [2.24, 2.45) is 5.73 Å². The van der Waals surface area contributed by atoms with E-state index in [2.05, 4.69) is 26.3 Å². The number of phenolic OH excluding ortho intramolecular Hbond substituents is 1. The van der Waals surface area contributed by atoms with Crippen LogP contribution in [0.4, 0.5) is 0 Å². The van der Waals surface area contributed by atoms with E-state index in [0.717, 1.165) is 22.0 Å². The second-order valence-corrected chi connectivity index (χ2v) is 14.1. The Balaban J connectivity index is 1.58. The number of H-pyrrole nitrogens is 1. The molecule has 7 atom stereocenters. The number of carbonyl (C=O) groups excluding carboxylic acids is 4. The van der Waals surface area contributed by atoms with Gasteiger partial charge in [-0.05, 0) is 55.2 Å². The first-order chi connectivity index (χ1) is 25.8. The Morgan fingerprint density at radius 2 is 1.41 bits per heavy atom. The fourth-order valence-electron chi connectivity index (χ4n) is 6.04. The van der Waals surface area contributed by atoms with Crippen molar-refractivity contribution in [3.63, 3.8) is 0 Å². The summed E-state index contributed by atoms with van der Waals surface area (Å²) >= 11 is 1.99. The van der Waals surface area contributed by atoms with Gasteiger partial charge < -0.3 is 46.9 Å². The molecule has 4 amide bonds. The number of nitrogens with one attached hydrogen (secondary N) is 5. The van der Waals surface area contributed by atoms with Gasteiger partial charge in [-0.1, -0.05) is 83.3 Å². The largest absolute Gasteiger partial charge is 0.508 e. The Hall–Kier alpha value is -4.55. The summed E-state index contributed by atoms with van der Waals surface area (Å²) in [5.74, 6) is -2.13. The Morgan fingerprint density at radius 3 is 2.06 bits per heavy atom. The highest BCUT2D eigenvalue weighted by Gasteiger charge is 2.35. The number of phenols is 1. The molecule has 290 valence electrons. The van der Waals surface area contributed by atoms with Gasteiger partial charge >= 0.3 is 0 Å². The lowest BCUT2D eigenvalue weighted by Crippen LogP contribution is -2.61. The number of carbonyl (C=O) groups is 4. The van der Waals surface area contributed by atoms with Gasteiger partial charge in [-0.3, -0.25) is 24.5 Å². The third kappa shape index (κ3) is 11.5. The van der Waals surface area contributed by atoms with Crippen LogP contribution in [0.25, 0.3) is 10.9 Å². The number of hydrogen-bond acceptors (Lipinski definition) is 9. The number of aromatic hydroxyl groups is 1. The molecule has 4 aromatic rings. The lowest BCUT2D eigenvalue weighted by Gasteiger charge is -2.33. The normalized spacial score (nSPS) is 15.2. The fraction of sp³-hybridized carbons (Fsp3) is 0.385. The first-order valence-electron chi connectivity index (χ1n) is 17.8. The standard InChI is InChI=1S/C39H50IN7O7/c1-4-42-35(50)31(20-26-22-43-29-13-9-8-12-28(26)29)44-36(51)30(18-25-14-16-27(49)17-15-25)45-37(52)33(21-40)47(3)39(54)32(19-24-10-6-5-7-11-24)46-38(53)34(41)23(2)48/h5-17,22-23,30-34,38,43,46,48-49,53H,4,18-21,41H2,1-3H3,(H,42,50)(H,44,51)(H,45,52)/t23-,30+,31-,32+,33+,34+,38?/m1/s1. The van der Waals surface area contributed by atoms with Crippen LogP contribution in [-0.2, 0) is 38.4 Å². The van der Waals surface area contributed by atoms with Gasteiger partial charge in [0.05, 0.1) is 18.2 Å². The number of benzene rings is 3. The fourth-order valence-corrected chi connectivity index (χ4v) is 7.03. The van der Waals surface area contributed by atoms with Crippen LogP contribution in [0.5, 0.6) is 5.75 Å². The number of aromatic amines is 1. The summed E-state index contributed by atoms with van der Waals surface area (Å²) in [6.45, 7) is 3.55. The molecule has 54 heavy (non-hydrogen) atoms. The van der Waals surface area contributed by atoms with Crippen molar-refractivity contribution in [3.05, 3.63) is 102 Å². The number of alkyl halides is 1. The minimum absolute atomic E-state index is 0.0142. The van der Waals surface area contributed by atoms with Gasteiger partial charge in [0.1, 0.15) is 30.1 Å². The number of amides is 4. The van der Waals surface area contributed by atoms with Crippen LogP contribution in [0.2, 0.25) is 0 Å². The molecule has 0 spiro atoms. The van der Waals surface area contributed by atoms with Crippen LogP contribution in [0.1, 0.15) is 30.5 Å². The topological polar surface area (TPSA) is 222 Å². The first-order valence-corrected chi connectivity index (χ1v) is 19.3. The van der Waals surface area contributed by atoms with Crippen LogP contribution in [0.3, 0.4) is 0 Å². The first kappa shape index (κ1) is 42.2. The van der Waals surface area contributed by atoms with E-state index in [1.165, 1.54) is 31.0 Å². The lowest BCUT2D eigenvalue weighted by molar-refractivity contribution is -0.141. The number of para-hydroxylation sites is 1. The minimum atomic E-state index is -1.44. The molecule has 0 fully saturated rings. The van der Waals surface area contributed by atoms with Crippen molar-refractivity contribution >= 4 is 57.1 Å². The maximum atomic E-state index is 14.1. The number of halogens is 1. The average molecular weight is 856 g/mol. The van der Waals surface area contributed by atoms with E-state index in [1.54, 1.807) is 25.3 Å². The lowest BCUT2D eigenvalue weighted by atomic mass is 10.0. The number of nitrogens with two attached hydrogens (primary N) is 1.